The number of nitrogens with zero attached hydrogens (tertiary/aromatic N) is 3. The van der Waals surface area contributed by atoms with E-state index in [4.69, 9.17) is 9.72 Å². The van der Waals surface area contributed by atoms with Crippen molar-refractivity contribution in [3.8, 4) is 11.4 Å². The SMILES string of the molecule is CCC(c1nc2ccccc2c(=O)n1-c1ccccc1OC)N(Cc1ccccc1)C(=O)C1CCCCC1. The van der Waals surface area contributed by atoms with Crippen LogP contribution in [0.4, 0.5) is 0 Å². The Morgan fingerprint density at radius 2 is 1.66 bits per heavy atom. The van der Waals surface area contributed by atoms with E-state index in [0.717, 1.165) is 31.2 Å². The van der Waals surface area contributed by atoms with E-state index in [2.05, 4.69) is 19.1 Å². The maximum Gasteiger partial charge on any atom is 0.266 e. The number of hydrogen-bond acceptors (Lipinski definition) is 4. The van der Waals surface area contributed by atoms with Gasteiger partial charge in [-0.3, -0.25) is 14.2 Å². The van der Waals surface area contributed by atoms with Gasteiger partial charge in [-0.15, -0.1) is 0 Å². The highest BCUT2D eigenvalue weighted by molar-refractivity contribution is 5.80. The molecule has 6 heteroatoms. The zero-order valence-corrected chi connectivity index (χ0v) is 22.2. The first-order valence-corrected chi connectivity index (χ1v) is 13.6. The third kappa shape index (κ3) is 5.08. The van der Waals surface area contributed by atoms with Crippen LogP contribution in [0, 0.1) is 5.92 Å². The smallest absolute Gasteiger partial charge is 0.266 e. The van der Waals surface area contributed by atoms with Gasteiger partial charge in [-0.1, -0.05) is 80.8 Å². The first-order valence-electron chi connectivity index (χ1n) is 13.6. The molecule has 4 aromatic rings. The van der Waals surface area contributed by atoms with Crippen LogP contribution < -0.4 is 10.3 Å². The standard InChI is InChI=1S/C32H35N3O3/c1-3-27(34(22-23-14-6-4-7-15-23)31(36)24-16-8-5-9-17-24)30-33-26-19-11-10-18-25(26)32(37)35(30)28-20-12-13-21-29(28)38-2/h4,6-7,10-15,18-21,24,27H,3,5,8-9,16-17,22H2,1-2H3. The fourth-order valence-electron chi connectivity index (χ4n) is 5.67. The normalized spacial score (nSPS) is 14.8. The van der Waals surface area contributed by atoms with E-state index in [-0.39, 0.29) is 17.4 Å². The number of benzene rings is 3. The summed E-state index contributed by atoms with van der Waals surface area (Å²) in [5.41, 5.74) is 2.14. The van der Waals surface area contributed by atoms with Gasteiger partial charge in [0.1, 0.15) is 11.6 Å². The molecule has 0 saturated heterocycles. The Morgan fingerprint density at radius 3 is 2.39 bits per heavy atom. The van der Waals surface area contributed by atoms with Gasteiger partial charge in [0, 0.05) is 12.5 Å². The summed E-state index contributed by atoms with van der Waals surface area (Å²) in [7, 11) is 1.60. The summed E-state index contributed by atoms with van der Waals surface area (Å²) in [6.45, 7) is 2.52. The van der Waals surface area contributed by atoms with Gasteiger partial charge < -0.3 is 9.64 Å². The number of methoxy groups -OCH3 is 1. The topological polar surface area (TPSA) is 64.4 Å². The highest BCUT2D eigenvalue weighted by atomic mass is 16.5. The molecule has 1 unspecified atom stereocenters. The molecule has 6 nitrogen and oxygen atoms in total. The first-order chi connectivity index (χ1) is 18.6. The van der Waals surface area contributed by atoms with Crippen LogP contribution in [-0.4, -0.2) is 27.5 Å². The molecule has 0 N–H and O–H groups in total. The molecule has 1 aromatic heterocycles. The summed E-state index contributed by atoms with van der Waals surface area (Å²) in [5, 5.41) is 0.533. The van der Waals surface area contributed by atoms with Crippen molar-refractivity contribution in [2.24, 2.45) is 5.92 Å². The Labute approximate surface area is 223 Å². The fourth-order valence-corrected chi connectivity index (χ4v) is 5.67. The van der Waals surface area contributed by atoms with Gasteiger partial charge in [0.15, 0.2) is 0 Å². The number of rotatable bonds is 8. The molecule has 1 aliphatic rings. The van der Waals surface area contributed by atoms with Crippen molar-refractivity contribution in [3.63, 3.8) is 0 Å². The molecular formula is C32H35N3O3. The average molecular weight is 510 g/mol. The molecule has 0 bridgehead atoms. The van der Waals surface area contributed by atoms with Crippen LogP contribution in [0.25, 0.3) is 16.6 Å². The second-order valence-electron chi connectivity index (χ2n) is 10.0. The van der Waals surface area contributed by atoms with Crippen molar-refractivity contribution in [2.75, 3.05) is 7.11 Å². The Balaban J connectivity index is 1.71. The van der Waals surface area contributed by atoms with Crippen LogP contribution in [0.5, 0.6) is 5.75 Å². The maximum atomic E-state index is 14.2. The van der Waals surface area contributed by atoms with Gasteiger partial charge in [0.2, 0.25) is 5.91 Å². The van der Waals surface area contributed by atoms with Crippen LogP contribution in [0.2, 0.25) is 0 Å². The monoisotopic (exact) mass is 509 g/mol. The molecule has 0 spiro atoms. The zero-order chi connectivity index (χ0) is 26.5. The molecule has 196 valence electrons. The van der Waals surface area contributed by atoms with E-state index in [1.165, 1.54) is 6.42 Å². The Kier molecular flexibility index (Phi) is 7.87. The second-order valence-corrected chi connectivity index (χ2v) is 10.0. The molecular weight excluding hydrogens is 474 g/mol. The number of aromatic nitrogens is 2. The number of amides is 1. The Hall–Kier alpha value is -3.93. The molecule has 1 atom stereocenters. The minimum atomic E-state index is -0.396. The predicted molar refractivity (Wildman–Crippen MR) is 150 cm³/mol. The number of hydrogen-bond donors (Lipinski definition) is 0. The molecule has 0 radical (unpaired) electrons. The molecule has 38 heavy (non-hydrogen) atoms. The number of carbonyl (C=O) groups excluding carboxylic acids is 1. The van der Waals surface area contributed by atoms with E-state index < -0.39 is 6.04 Å². The lowest BCUT2D eigenvalue weighted by Crippen LogP contribution is -2.41. The quantitative estimate of drug-likeness (QED) is 0.274. The molecule has 1 heterocycles. The summed E-state index contributed by atoms with van der Waals surface area (Å²) in [6, 6.07) is 24.6. The third-order valence-electron chi connectivity index (χ3n) is 7.62. The first kappa shape index (κ1) is 25.7. The summed E-state index contributed by atoms with van der Waals surface area (Å²) in [6.07, 6.45) is 5.76. The fraction of sp³-hybridized carbons (Fsp3) is 0.344. The van der Waals surface area contributed by atoms with E-state index in [0.29, 0.717) is 41.1 Å². The predicted octanol–water partition coefficient (Wildman–Crippen LogP) is 6.45. The summed E-state index contributed by atoms with van der Waals surface area (Å²) in [5.74, 6) is 1.28. The van der Waals surface area contributed by atoms with Crippen LogP contribution in [-0.2, 0) is 11.3 Å². The molecule has 0 aliphatic heterocycles. The molecule has 1 saturated carbocycles. The number of fused-ring (bicyclic) bond motifs is 1. The van der Waals surface area contributed by atoms with Crippen LogP contribution in [0.3, 0.4) is 0 Å². The largest absolute Gasteiger partial charge is 0.495 e. The van der Waals surface area contributed by atoms with Gasteiger partial charge in [-0.2, -0.15) is 0 Å². The van der Waals surface area contributed by atoms with Crippen molar-refractivity contribution >= 4 is 16.8 Å². The number of carbonyl (C=O) groups is 1. The highest BCUT2D eigenvalue weighted by Gasteiger charge is 2.34. The van der Waals surface area contributed by atoms with Crippen molar-refractivity contribution in [1.82, 2.24) is 14.5 Å². The van der Waals surface area contributed by atoms with Crippen molar-refractivity contribution in [1.29, 1.82) is 0 Å². The van der Waals surface area contributed by atoms with Crippen molar-refractivity contribution in [3.05, 3.63) is 101 Å². The van der Waals surface area contributed by atoms with Gasteiger partial charge >= 0.3 is 0 Å². The van der Waals surface area contributed by atoms with E-state index in [1.807, 2.05) is 65.6 Å². The zero-order valence-electron chi connectivity index (χ0n) is 22.2. The number of para-hydroxylation sites is 3. The molecule has 1 aliphatic carbocycles. The van der Waals surface area contributed by atoms with Gasteiger partial charge in [0.05, 0.1) is 29.7 Å². The summed E-state index contributed by atoms with van der Waals surface area (Å²) in [4.78, 5) is 35.3. The van der Waals surface area contributed by atoms with Crippen LogP contribution >= 0.6 is 0 Å². The Bertz CT molecular complexity index is 1460. The Morgan fingerprint density at radius 1 is 0.974 bits per heavy atom. The summed E-state index contributed by atoms with van der Waals surface area (Å²) >= 11 is 0. The lowest BCUT2D eigenvalue weighted by atomic mass is 9.87. The number of ether oxygens (including phenoxy) is 1. The average Bonchev–Trinajstić information content (AvgIpc) is 2.98. The van der Waals surface area contributed by atoms with Crippen LogP contribution in [0.15, 0.2) is 83.7 Å². The van der Waals surface area contributed by atoms with E-state index >= 15 is 0 Å². The van der Waals surface area contributed by atoms with Gasteiger partial charge in [-0.05, 0) is 49.1 Å². The highest BCUT2D eigenvalue weighted by Crippen LogP contribution is 2.34. The summed E-state index contributed by atoms with van der Waals surface area (Å²) < 4.78 is 7.32. The van der Waals surface area contributed by atoms with E-state index in [9.17, 15) is 9.59 Å². The maximum absolute atomic E-state index is 14.2. The van der Waals surface area contributed by atoms with E-state index in [1.54, 1.807) is 17.7 Å². The van der Waals surface area contributed by atoms with Crippen molar-refractivity contribution in [2.45, 2.75) is 58.0 Å². The van der Waals surface area contributed by atoms with Gasteiger partial charge in [0.25, 0.3) is 5.56 Å². The minimum absolute atomic E-state index is 0.00611. The molecule has 1 fully saturated rings. The van der Waals surface area contributed by atoms with Crippen molar-refractivity contribution < 1.29 is 9.53 Å². The van der Waals surface area contributed by atoms with Crippen LogP contribution in [0.1, 0.15) is 62.9 Å². The molecule has 1 amide bonds. The van der Waals surface area contributed by atoms with Gasteiger partial charge in [-0.25, -0.2) is 4.98 Å². The third-order valence-corrected chi connectivity index (χ3v) is 7.62. The lowest BCUT2D eigenvalue weighted by Gasteiger charge is -2.36. The minimum Gasteiger partial charge on any atom is -0.495 e. The molecule has 3 aromatic carbocycles. The second kappa shape index (κ2) is 11.6. The lowest BCUT2D eigenvalue weighted by molar-refractivity contribution is -0.140. The molecule has 5 rings (SSSR count).